The SMILES string of the molecule is CCn1c(C)c(/C=N\Nc2nc(-c3cccs3)c(C)s2)c2ccccc21. The van der Waals surface area contributed by atoms with Crippen LogP contribution in [0.2, 0.25) is 0 Å². The molecule has 0 radical (unpaired) electrons. The molecule has 0 aliphatic rings. The maximum atomic E-state index is 4.69. The zero-order valence-corrected chi connectivity index (χ0v) is 16.6. The molecule has 3 heterocycles. The van der Waals surface area contributed by atoms with Gasteiger partial charge in [0.25, 0.3) is 0 Å². The summed E-state index contributed by atoms with van der Waals surface area (Å²) in [4.78, 5) is 7.08. The first-order chi connectivity index (χ1) is 12.7. The Bertz CT molecular complexity index is 1070. The number of aromatic nitrogens is 2. The number of thiophene rings is 1. The number of para-hydroxylation sites is 1. The number of aryl methyl sites for hydroxylation is 2. The van der Waals surface area contributed by atoms with Crippen LogP contribution in [0.1, 0.15) is 23.1 Å². The second kappa shape index (κ2) is 7.05. The van der Waals surface area contributed by atoms with Crippen molar-refractivity contribution in [3.05, 3.63) is 57.9 Å². The Balaban J connectivity index is 1.61. The first-order valence-electron chi connectivity index (χ1n) is 8.57. The lowest BCUT2D eigenvalue weighted by Crippen LogP contribution is -1.97. The molecule has 4 aromatic rings. The Morgan fingerprint density at radius 1 is 1.19 bits per heavy atom. The Morgan fingerprint density at radius 2 is 2.04 bits per heavy atom. The quantitative estimate of drug-likeness (QED) is 0.345. The van der Waals surface area contributed by atoms with Crippen molar-refractivity contribution < 1.29 is 0 Å². The fourth-order valence-electron chi connectivity index (χ4n) is 3.27. The maximum absolute atomic E-state index is 4.69. The zero-order valence-electron chi connectivity index (χ0n) is 15.0. The van der Waals surface area contributed by atoms with Gasteiger partial charge >= 0.3 is 0 Å². The van der Waals surface area contributed by atoms with Crippen molar-refractivity contribution in [2.75, 3.05) is 5.43 Å². The number of anilines is 1. The minimum absolute atomic E-state index is 0.819. The van der Waals surface area contributed by atoms with E-state index < -0.39 is 0 Å². The highest BCUT2D eigenvalue weighted by Gasteiger charge is 2.12. The van der Waals surface area contributed by atoms with E-state index in [-0.39, 0.29) is 0 Å². The third kappa shape index (κ3) is 2.95. The molecule has 1 aromatic carbocycles. The standard InChI is InChI=1S/C20H20N4S2/c1-4-24-13(2)16(15-8-5-6-9-17(15)24)12-21-23-20-22-19(14(3)26-20)18-10-7-11-25-18/h5-12H,4H2,1-3H3,(H,22,23)/b21-12-. The number of rotatable bonds is 5. The van der Waals surface area contributed by atoms with Gasteiger partial charge in [0, 0.05) is 33.6 Å². The summed E-state index contributed by atoms with van der Waals surface area (Å²) in [5.41, 5.74) is 7.78. The van der Waals surface area contributed by atoms with E-state index in [0.717, 1.165) is 22.9 Å². The van der Waals surface area contributed by atoms with Gasteiger partial charge in [-0.1, -0.05) is 24.3 Å². The molecule has 4 rings (SSSR count). The summed E-state index contributed by atoms with van der Waals surface area (Å²) in [6, 6.07) is 12.6. The lowest BCUT2D eigenvalue weighted by molar-refractivity contribution is 0.769. The molecule has 0 aliphatic carbocycles. The Morgan fingerprint density at radius 3 is 2.81 bits per heavy atom. The predicted octanol–water partition coefficient (Wildman–Crippen LogP) is 5.91. The number of benzene rings is 1. The second-order valence-corrected chi connectivity index (χ2v) is 8.18. The molecule has 0 spiro atoms. The van der Waals surface area contributed by atoms with Gasteiger partial charge in [0.2, 0.25) is 5.13 Å². The molecule has 0 aliphatic heterocycles. The van der Waals surface area contributed by atoms with Gasteiger partial charge in [-0.2, -0.15) is 5.10 Å². The maximum Gasteiger partial charge on any atom is 0.204 e. The first kappa shape index (κ1) is 17.0. The molecular formula is C20H20N4S2. The minimum Gasteiger partial charge on any atom is -0.344 e. The van der Waals surface area contributed by atoms with Crippen molar-refractivity contribution in [3.8, 4) is 10.6 Å². The van der Waals surface area contributed by atoms with Crippen LogP contribution in [0.25, 0.3) is 21.5 Å². The van der Waals surface area contributed by atoms with Crippen LogP contribution in [-0.4, -0.2) is 15.8 Å². The lowest BCUT2D eigenvalue weighted by atomic mass is 10.1. The van der Waals surface area contributed by atoms with Gasteiger partial charge in [-0.15, -0.1) is 22.7 Å². The smallest absolute Gasteiger partial charge is 0.204 e. The van der Waals surface area contributed by atoms with Gasteiger partial charge in [-0.25, -0.2) is 4.98 Å². The largest absolute Gasteiger partial charge is 0.344 e. The zero-order chi connectivity index (χ0) is 18.1. The van der Waals surface area contributed by atoms with Crippen LogP contribution in [0.4, 0.5) is 5.13 Å². The van der Waals surface area contributed by atoms with Crippen LogP contribution < -0.4 is 5.43 Å². The Hall–Kier alpha value is -2.44. The van der Waals surface area contributed by atoms with E-state index >= 15 is 0 Å². The van der Waals surface area contributed by atoms with Gasteiger partial charge < -0.3 is 4.57 Å². The summed E-state index contributed by atoms with van der Waals surface area (Å²) in [6.07, 6.45) is 1.91. The summed E-state index contributed by atoms with van der Waals surface area (Å²) < 4.78 is 2.32. The lowest BCUT2D eigenvalue weighted by Gasteiger charge is -2.03. The minimum atomic E-state index is 0.819. The molecule has 3 aromatic heterocycles. The Kier molecular flexibility index (Phi) is 4.61. The van der Waals surface area contributed by atoms with E-state index in [1.807, 2.05) is 6.21 Å². The molecule has 4 nitrogen and oxygen atoms in total. The van der Waals surface area contributed by atoms with Crippen molar-refractivity contribution in [3.63, 3.8) is 0 Å². The molecule has 0 atom stereocenters. The molecule has 0 amide bonds. The Labute approximate surface area is 160 Å². The van der Waals surface area contributed by atoms with E-state index in [1.165, 1.54) is 26.4 Å². The fraction of sp³-hybridized carbons (Fsp3) is 0.200. The van der Waals surface area contributed by atoms with Crippen LogP contribution in [0, 0.1) is 13.8 Å². The van der Waals surface area contributed by atoms with Crippen LogP contribution in [0.5, 0.6) is 0 Å². The molecule has 0 saturated carbocycles. The van der Waals surface area contributed by atoms with Crippen molar-refractivity contribution in [1.82, 2.24) is 9.55 Å². The van der Waals surface area contributed by atoms with Crippen molar-refractivity contribution in [2.45, 2.75) is 27.3 Å². The number of hydrogen-bond acceptors (Lipinski definition) is 5. The van der Waals surface area contributed by atoms with Gasteiger partial charge in [0.05, 0.1) is 16.8 Å². The molecule has 0 unspecified atom stereocenters. The summed E-state index contributed by atoms with van der Waals surface area (Å²) in [5.74, 6) is 0. The number of thiazole rings is 1. The van der Waals surface area contributed by atoms with E-state index in [0.29, 0.717) is 0 Å². The summed E-state index contributed by atoms with van der Waals surface area (Å²) in [5, 5.41) is 8.59. The number of hydrazone groups is 1. The fourth-order valence-corrected chi connectivity index (χ4v) is 4.88. The van der Waals surface area contributed by atoms with E-state index in [1.54, 1.807) is 22.7 Å². The van der Waals surface area contributed by atoms with Crippen molar-refractivity contribution in [2.24, 2.45) is 5.10 Å². The molecule has 0 fully saturated rings. The molecule has 1 N–H and O–H groups in total. The summed E-state index contributed by atoms with van der Waals surface area (Å²) >= 11 is 3.34. The monoisotopic (exact) mass is 380 g/mol. The molecule has 0 saturated heterocycles. The van der Waals surface area contributed by atoms with Gasteiger partial charge in [0.1, 0.15) is 0 Å². The number of fused-ring (bicyclic) bond motifs is 1. The van der Waals surface area contributed by atoms with Gasteiger partial charge in [-0.3, -0.25) is 5.43 Å². The van der Waals surface area contributed by atoms with Crippen LogP contribution in [0.15, 0.2) is 46.9 Å². The first-order valence-corrected chi connectivity index (χ1v) is 10.3. The van der Waals surface area contributed by atoms with Crippen LogP contribution >= 0.6 is 22.7 Å². The topological polar surface area (TPSA) is 42.2 Å². The van der Waals surface area contributed by atoms with Crippen molar-refractivity contribution >= 4 is 44.9 Å². The second-order valence-electron chi connectivity index (χ2n) is 6.03. The number of hydrogen-bond donors (Lipinski definition) is 1. The average Bonchev–Trinajstić information content (AvgIpc) is 3.34. The number of nitrogens with one attached hydrogen (secondary N) is 1. The molecule has 26 heavy (non-hydrogen) atoms. The van der Waals surface area contributed by atoms with Crippen LogP contribution in [-0.2, 0) is 6.54 Å². The van der Waals surface area contributed by atoms with E-state index in [4.69, 9.17) is 0 Å². The van der Waals surface area contributed by atoms with E-state index in [2.05, 4.69) is 82.6 Å². The average molecular weight is 381 g/mol. The third-order valence-electron chi connectivity index (χ3n) is 4.50. The highest BCUT2D eigenvalue weighted by Crippen LogP contribution is 2.33. The summed E-state index contributed by atoms with van der Waals surface area (Å²) in [6.45, 7) is 7.36. The molecule has 6 heteroatoms. The highest BCUT2D eigenvalue weighted by molar-refractivity contribution is 7.17. The van der Waals surface area contributed by atoms with E-state index in [9.17, 15) is 0 Å². The molecule has 132 valence electrons. The third-order valence-corrected chi connectivity index (χ3v) is 6.25. The molecular weight excluding hydrogens is 360 g/mol. The molecule has 0 bridgehead atoms. The highest BCUT2D eigenvalue weighted by atomic mass is 32.1. The number of nitrogens with zero attached hydrogens (tertiary/aromatic N) is 3. The van der Waals surface area contributed by atoms with Crippen molar-refractivity contribution in [1.29, 1.82) is 0 Å². The predicted molar refractivity (Wildman–Crippen MR) is 114 cm³/mol. The van der Waals surface area contributed by atoms with Gasteiger partial charge in [-0.05, 0) is 38.3 Å². The van der Waals surface area contributed by atoms with Gasteiger partial charge in [0.15, 0.2) is 0 Å². The normalized spacial score (nSPS) is 11.7. The summed E-state index contributed by atoms with van der Waals surface area (Å²) in [7, 11) is 0. The van der Waals surface area contributed by atoms with Crippen LogP contribution in [0.3, 0.4) is 0 Å².